The first kappa shape index (κ1) is 17.8. The van der Waals surface area contributed by atoms with Crippen molar-refractivity contribution in [2.75, 3.05) is 0 Å². The zero-order valence-corrected chi connectivity index (χ0v) is 11.9. The SMILES string of the molecule is O=C(O)Cc1ccc(-c2ccccc2C(F)(F)F)cc1C(F)(F)F. The van der Waals surface area contributed by atoms with E-state index in [9.17, 15) is 31.1 Å². The predicted molar refractivity (Wildman–Crippen MR) is 73.2 cm³/mol. The zero-order chi connectivity index (χ0) is 18.1. The van der Waals surface area contributed by atoms with Crippen LogP contribution in [-0.2, 0) is 23.6 Å². The Bertz CT molecular complexity index is 762. The van der Waals surface area contributed by atoms with E-state index in [2.05, 4.69) is 0 Å². The summed E-state index contributed by atoms with van der Waals surface area (Å²) in [5.41, 5.74) is -3.53. The summed E-state index contributed by atoms with van der Waals surface area (Å²) in [6.45, 7) is 0. The number of hydrogen-bond donors (Lipinski definition) is 1. The molecule has 0 bridgehead atoms. The largest absolute Gasteiger partial charge is 0.481 e. The van der Waals surface area contributed by atoms with Crippen LogP contribution in [0.1, 0.15) is 16.7 Å². The molecule has 0 amide bonds. The van der Waals surface area contributed by atoms with E-state index < -0.39 is 47.0 Å². The minimum atomic E-state index is -4.88. The molecule has 2 nitrogen and oxygen atoms in total. The lowest BCUT2D eigenvalue weighted by Crippen LogP contribution is -2.13. The molecule has 0 aliphatic carbocycles. The molecular formula is C16H10F6O2. The van der Waals surface area contributed by atoms with Crippen LogP contribution in [-0.4, -0.2) is 11.1 Å². The Morgan fingerprint density at radius 3 is 2.00 bits per heavy atom. The minimum Gasteiger partial charge on any atom is -0.481 e. The van der Waals surface area contributed by atoms with Gasteiger partial charge in [0.2, 0.25) is 0 Å². The minimum absolute atomic E-state index is 0.288. The Hall–Kier alpha value is -2.51. The van der Waals surface area contributed by atoms with Crippen molar-refractivity contribution in [3.8, 4) is 11.1 Å². The Morgan fingerprint density at radius 2 is 1.46 bits per heavy atom. The molecule has 0 heterocycles. The first-order valence-electron chi connectivity index (χ1n) is 6.58. The van der Waals surface area contributed by atoms with Gasteiger partial charge in [0.05, 0.1) is 17.5 Å². The van der Waals surface area contributed by atoms with E-state index in [4.69, 9.17) is 5.11 Å². The summed E-state index contributed by atoms with van der Waals surface area (Å²) in [6.07, 6.45) is -10.5. The first-order chi connectivity index (χ1) is 11.0. The van der Waals surface area contributed by atoms with E-state index in [1.807, 2.05) is 0 Å². The smallest absolute Gasteiger partial charge is 0.417 e. The fourth-order valence-corrected chi connectivity index (χ4v) is 2.31. The van der Waals surface area contributed by atoms with Crippen molar-refractivity contribution in [2.24, 2.45) is 0 Å². The van der Waals surface area contributed by atoms with E-state index in [-0.39, 0.29) is 5.56 Å². The number of aliphatic carboxylic acids is 1. The normalized spacial score (nSPS) is 12.2. The van der Waals surface area contributed by atoms with Gasteiger partial charge in [-0.2, -0.15) is 26.3 Å². The topological polar surface area (TPSA) is 37.3 Å². The van der Waals surface area contributed by atoms with Crippen LogP contribution in [0.5, 0.6) is 0 Å². The molecule has 1 N–H and O–H groups in total. The van der Waals surface area contributed by atoms with Crippen molar-refractivity contribution in [1.29, 1.82) is 0 Å². The van der Waals surface area contributed by atoms with Crippen LogP contribution in [0, 0.1) is 0 Å². The highest BCUT2D eigenvalue weighted by atomic mass is 19.4. The molecule has 2 aromatic carbocycles. The second kappa shape index (κ2) is 6.18. The molecule has 2 rings (SSSR count). The molecule has 0 saturated heterocycles. The summed E-state index contributed by atoms with van der Waals surface area (Å²) >= 11 is 0. The molecule has 0 aliphatic heterocycles. The Labute approximate surface area is 132 Å². The second-order valence-corrected chi connectivity index (χ2v) is 4.98. The highest BCUT2D eigenvalue weighted by Crippen LogP contribution is 2.40. The van der Waals surface area contributed by atoms with Gasteiger partial charge in [-0.1, -0.05) is 30.3 Å². The monoisotopic (exact) mass is 348 g/mol. The number of carboxylic acids is 1. The number of halogens is 6. The molecule has 24 heavy (non-hydrogen) atoms. The highest BCUT2D eigenvalue weighted by Gasteiger charge is 2.36. The van der Waals surface area contributed by atoms with Crippen LogP contribution in [0.15, 0.2) is 42.5 Å². The summed E-state index contributed by atoms with van der Waals surface area (Å²) in [5, 5.41) is 8.68. The molecule has 0 saturated carbocycles. The third kappa shape index (κ3) is 3.87. The molecule has 128 valence electrons. The number of carbonyl (C=O) groups is 1. The standard InChI is InChI=1S/C16H10F6O2/c17-15(18,19)12-4-2-1-3-11(12)9-5-6-10(8-14(23)24)13(7-9)16(20,21)22/h1-7H,8H2,(H,23,24). The van der Waals surface area contributed by atoms with Gasteiger partial charge >= 0.3 is 18.3 Å². The van der Waals surface area contributed by atoms with Gasteiger partial charge in [-0.3, -0.25) is 4.79 Å². The lowest BCUT2D eigenvalue weighted by Gasteiger charge is -2.16. The van der Waals surface area contributed by atoms with Gasteiger partial charge in [-0.15, -0.1) is 0 Å². The van der Waals surface area contributed by atoms with Crippen molar-refractivity contribution in [1.82, 2.24) is 0 Å². The fraction of sp³-hybridized carbons (Fsp3) is 0.188. The highest BCUT2D eigenvalue weighted by molar-refractivity contribution is 5.73. The fourth-order valence-electron chi connectivity index (χ4n) is 2.31. The Kier molecular flexibility index (Phi) is 4.59. The number of rotatable bonds is 3. The lowest BCUT2D eigenvalue weighted by atomic mass is 9.94. The summed E-state index contributed by atoms with van der Waals surface area (Å²) in [4.78, 5) is 10.7. The quantitative estimate of drug-likeness (QED) is 0.791. The van der Waals surface area contributed by atoms with Gasteiger partial charge in [-0.25, -0.2) is 0 Å². The maximum absolute atomic E-state index is 13.1. The maximum atomic E-state index is 13.1. The van der Waals surface area contributed by atoms with Crippen LogP contribution in [0.4, 0.5) is 26.3 Å². The lowest BCUT2D eigenvalue weighted by molar-refractivity contribution is -0.140. The molecule has 0 aromatic heterocycles. The van der Waals surface area contributed by atoms with Crippen molar-refractivity contribution in [3.05, 3.63) is 59.2 Å². The molecule has 0 spiro atoms. The van der Waals surface area contributed by atoms with Crippen LogP contribution < -0.4 is 0 Å². The molecule has 2 aromatic rings. The summed E-state index contributed by atoms with van der Waals surface area (Å²) in [5.74, 6) is -1.47. The molecule has 0 radical (unpaired) electrons. The molecular weight excluding hydrogens is 338 g/mol. The van der Waals surface area contributed by atoms with Crippen LogP contribution in [0.2, 0.25) is 0 Å². The van der Waals surface area contributed by atoms with Gasteiger partial charge in [0, 0.05) is 0 Å². The maximum Gasteiger partial charge on any atom is 0.417 e. The molecule has 0 unspecified atom stereocenters. The van der Waals surface area contributed by atoms with Crippen molar-refractivity contribution in [2.45, 2.75) is 18.8 Å². The zero-order valence-electron chi connectivity index (χ0n) is 11.9. The van der Waals surface area contributed by atoms with Crippen molar-refractivity contribution < 1.29 is 36.2 Å². The molecule has 8 heteroatoms. The van der Waals surface area contributed by atoms with Crippen LogP contribution >= 0.6 is 0 Å². The molecule has 0 aliphatic rings. The molecule has 0 atom stereocenters. The van der Waals surface area contributed by atoms with Crippen LogP contribution in [0.3, 0.4) is 0 Å². The van der Waals surface area contributed by atoms with Gasteiger partial charge in [0.15, 0.2) is 0 Å². The van der Waals surface area contributed by atoms with Gasteiger partial charge in [0.25, 0.3) is 0 Å². The van der Waals surface area contributed by atoms with Crippen molar-refractivity contribution in [3.63, 3.8) is 0 Å². The third-order valence-electron chi connectivity index (χ3n) is 3.30. The third-order valence-corrected chi connectivity index (χ3v) is 3.30. The van der Waals surface area contributed by atoms with E-state index in [0.717, 1.165) is 30.3 Å². The second-order valence-electron chi connectivity index (χ2n) is 4.98. The summed E-state index contributed by atoms with van der Waals surface area (Å²) in [7, 11) is 0. The average molecular weight is 348 g/mol. The number of carboxylic acid groups (broad SMARTS) is 1. The Balaban J connectivity index is 2.64. The Morgan fingerprint density at radius 1 is 0.875 bits per heavy atom. The molecule has 0 fully saturated rings. The number of alkyl halides is 6. The van der Waals surface area contributed by atoms with Gasteiger partial charge in [-0.05, 0) is 28.8 Å². The van der Waals surface area contributed by atoms with E-state index >= 15 is 0 Å². The van der Waals surface area contributed by atoms with Gasteiger partial charge < -0.3 is 5.11 Å². The van der Waals surface area contributed by atoms with Crippen LogP contribution in [0.25, 0.3) is 11.1 Å². The van der Waals surface area contributed by atoms with E-state index in [0.29, 0.717) is 6.07 Å². The van der Waals surface area contributed by atoms with Crippen molar-refractivity contribution >= 4 is 5.97 Å². The van der Waals surface area contributed by atoms with E-state index in [1.165, 1.54) is 6.07 Å². The average Bonchev–Trinajstić information content (AvgIpc) is 2.45. The first-order valence-corrected chi connectivity index (χ1v) is 6.58. The van der Waals surface area contributed by atoms with E-state index in [1.54, 1.807) is 0 Å². The number of hydrogen-bond acceptors (Lipinski definition) is 1. The summed E-state index contributed by atoms with van der Waals surface area (Å²) in [6, 6.07) is 6.74. The van der Waals surface area contributed by atoms with Gasteiger partial charge in [0.1, 0.15) is 0 Å². The summed E-state index contributed by atoms with van der Waals surface area (Å²) < 4.78 is 78.4. The number of benzene rings is 2. The predicted octanol–water partition coefficient (Wildman–Crippen LogP) is 5.02.